The Morgan fingerprint density at radius 3 is 2.50 bits per heavy atom. The highest BCUT2D eigenvalue weighted by Gasteiger charge is 2.00. The van der Waals surface area contributed by atoms with Gasteiger partial charge >= 0.3 is 0 Å². The summed E-state index contributed by atoms with van der Waals surface area (Å²) in [6.45, 7) is 4.82. The number of rotatable bonds is 8. The first-order valence-corrected chi connectivity index (χ1v) is 7.99. The number of alkyl halides is 1. The van der Waals surface area contributed by atoms with Crippen LogP contribution in [0.25, 0.3) is 0 Å². The molecular formula is C19H24ClNO. The van der Waals surface area contributed by atoms with Gasteiger partial charge in [0.2, 0.25) is 5.91 Å². The highest BCUT2D eigenvalue weighted by atomic mass is 35.5. The topological polar surface area (TPSA) is 29.1 Å². The summed E-state index contributed by atoms with van der Waals surface area (Å²) in [5.74, 6) is 0.391. The first-order chi connectivity index (χ1) is 10.6. The summed E-state index contributed by atoms with van der Waals surface area (Å²) in [6.07, 6.45) is 11.6. The molecule has 1 unspecified atom stereocenters. The summed E-state index contributed by atoms with van der Waals surface area (Å²) >= 11 is 6.25. The van der Waals surface area contributed by atoms with Crippen molar-refractivity contribution >= 4 is 17.5 Å². The molecule has 2 nitrogen and oxygen atoms in total. The fraction of sp³-hybridized carbons (Fsp3) is 0.316. The zero-order valence-corrected chi connectivity index (χ0v) is 14.0. The molecule has 1 aromatic rings. The van der Waals surface area contributed by atoms with Gasteiger partial charge in [0, 0.05) is 12.6 Å². The van der Waals surface area contributed by atoms with Crippen LogP contribution in [0.1, 0.15) is 19.4 Å². The average molecular weight is 318 g/mol. The van der Waals surface area contributed by atoms with Crippen molar-refractivity contribution in [1.82, 2.24) is 5.32 Å². The molecule has 0 aromatic heterocycles. The zero-order valence-electron chi connectivity index (χ0n) is 13.2. The van der Waals surface area contributed by atoms with Gasteiger partial charge in [0.15, 0.2) is 0 Å². The zero-order chi connectivity index (χ0) is 16.2. The second-order valence-corrected chi connectivity index (χ2v) is 6.03. The Morgan fingerprint density at radius 1 is 1.14 bits per heavy atom. The SMILES string of the molecule is CC(C)CNC(=O)/C=C/C=C/C=C\C(Cl)Cc1ccccc1. The Morgan fingerprint density at radius 2 is 1.82 bits per heavy atom. The van der Waals surface area contributed by atoms with Gasteiger partial charge in [0.25, 0.3) is 0 Å². The molecule has 22 heavy (non-hydrogen) atoms. The predicted molar refractivity (Wildman–Crippen MR) is 95.1 cm³/mol. The van der Waals surface area contributed by atoms with Gasteiger partial charge in [-0.3, -0.25) is 4.79 Å². The van der Waals surface area contributed by atoms with Gasteiger partial charge in [0.1, 0.15) is 0 Å². The number of halogens is 1. The molecule has 0 aliphatic heterocycles. The molecule has 1 atom stereocenters. The highest BCUT2D eigenvalue weighted by Crippen LogP contribution is 2.09. The number of carbonyl (C=O) groups excluding carboxylic acids is 1. The van der Waals surface area contributed by atoms with Crippen molar-refractivity contribution in [2.75, 3.05) is 6.54 Å². The van der Waals surface area contributed by atoms with E-state index >= 15 is 0 Å². The van der Waals surface area contributed by atoms with E-state index in [1.807, 2.05) is 42.5 Å². The van der Waals surface area contributed by atoms with Crippen LogP contribution >= 0.6 is 11.6 Å². The summed E-state index contributed by atoms with van der Waals surface area (Å²) < 4.78 is 0. The van der Waals surface area contributed by atoms with Gasteiger partial charge < -0.3 is 5.32 Å². The summed E-state index contributed by atoms with van der Waals surface area (Å²) in [4.78, 5) is 11.4. The van der Waals surface area contributed by atoms with Crippen molar-refractivity contribution in [3.05, 3.63) is 72.4 Å². The van der Waals surface area contributed by atoms with Crippen LogP contribution in [-0.4, -0.2) is 17.8 Å². The van der Waals surface area contributed by atoms with Crippen LogP contribution in [0.3, 0.4) is 0 Å². The molecule has 3 heteroatoms. The minimum absolute atomic E-state index is 0.0367. The number of allylic oxidation sites excluding steroid dienone is 5. The molecule has 0 bridgehead atoms. The molecule has 1 aromatic carbocycles. The molecule has 0 aliphatic rings. The third-order valence-corrected chi connectivity index (χ3v) is 3.16. The van der Waals surface area contributed by atoms with Gasteiger partial charge in [-0.05, 0) is 17.9 Å². The lowest BCUT2D eigenvalue weighted by atomic mass is 10.1. The molecule has 0 saturated heterocycles. The van der Waals surface area contributed by atoms with Crippen molar-refractivity contribution in [1.29, 1.82) is 0 Å². The van der Waals surface area contributed by atoms with E-state index < -0.39 is 0 Å². The third kappa shape index (κ3) is 9.19. The number of amides is 1. The Hall–Kier alpha value is -1.80. The van der Waals surface area contributed by atoms with Crippen LogP contribution in [-0.2, 0) is 11.2 Å². The largest absolute Gasteiger partial charge is 0.352 e. The predicted octanol–water partition coefficient (Wildman–Crippen LogP) is 4.28. The maximum Gasteiger partial charge on any atom is 0.243 e. The first-order valence-electron chi connectivity index (χ1n) is 7.55. The molecule has 1 N–H and O–H groups in total. The van der Waals surface area contributed by atoms with Gasteiger partial charge in [-0.2, -0.15) is 0 Å². The molecular weight excluding hydrogens is 294 g/mol. The van der Waals surface area contributed by atoms with Gasteiger partial charge in [-0.1, -0.05) is 74.6 Å². The smallest absolute Gasteiger partial charge is 0.243 e. The van der Waals surface area contributed by atoms with Crippen LogP contribution in [0.4, 0.5) is 0 Å². The molecule has 1 amide bonds. The third-order valence-electron chi connectivity index (χ3n) is 2.86. The molecule has 0 heterocycles. The van der Waals surface area contributed by atoms with Gasteiger partial charge in [-0.25, -0.2) is 0 Å². The molecule has 0 aliphatic carbocycles. The van der Waals surface area contributed by atoms with Gasteiger partial charge in [-0.15, -0.1) is 11.6 Å². The number of hydrogen-bond donors (Lipinski definition) is 1. The summed E-state index contributed by atoms with van der Waals surface area (Å²) in [6, 6.07) is 10.2. The van der Waals surface area contributed by atoms with Crippen LogP contribution in [0.2, 0.25) is 0 Å². The van der Waals surface area contributed by atoms with E-state index in [9.17, 15) is 4.79 Å². The van der Waals surface area contributed by atoms with Crippen LogP contribution < -0.4 is 5.32 Å². The minimum atomic E-state index is -0.0679. The van der Waals surface area contributed by atoms with E-state index in [2.05, 4.69) is 31.3 Å². The second-order valence-electron chi connectivity index (χ2n) is 5.47. The molecule has 0 saturated carbocycles. The van der Waals surface area contributed by atoms with Crippen molar-refractivity contribution in [2.45, 2.75) is 25.6 Å². The van der Waals surface area contributed by atoms with E-state index in [0.717, 1.165) is 6.42 Å². The van der Waals surface area contributed by atoms with Gasteiger partial charge in [0.05, 0.1) is 5.38 Å². The normalized spacial score (nSPS) is 13.5. The minimum Gasteiger partial charge on any atom is -0.352 e. The van der Waals surface area contributed by atoms with Crippen molar-refractivity contribution in [3.63, 3.8) is 0 Å². The maximum atomic E-state index is 11.4. The van der Waals surface area contributed by atoms with E-state index in [4.69, 9.17) is 11.6 Å². The fourth-order valence-electron chi connectivity index (χ4n) is 1.73. The lowest BCUT2D eigenvalue weighted by Gasteiger charge is -2.03. The Kier molecular flexibility index (Phi) is 9.01. The second kappa shape index (κ2) is 10.9. The standard InChI is InChI=1S/C19H24ClNO/c1-16(2)15-21-19(22)13-9-4-3-8-12-18(20)14-17-10-6-5-7-11-17/h3-13,16,18H,14-15H2,1-2H3,(H,21,22)/b4-3+,12-8-,13-9+. The van der Waals surface area contributed by atoms with Crippen LogP contribution in [0.15, 0.2) is 66.8 Å². The molecule has 0 fully saturated rings. The highest BCUT2D eigenvalue weighted by molar-refractivity contribution is 6.21. The fourth-order valence-corrected chi connectivity index (χ4v) is 1.99. The number of hydrogen-bond acceptors (Lipinski definition) is 1. The lowest BCUT2D eigenvalue weighted by molar-refractivity contribution is -0.116. The maximum absolute atomic E-state index is 11.4. The molecule has 0 spiro atoms. The van der Waals surface area contributed by atoms with E-state index in [0.29, 0.717) is 12.5 Å². The van der Waals surface area contributed by atoms with Crippen molar-refractivity contribution in [3.8, 4) is 0 Å². The van der Waals surface area contributed by atoms with Crippen molar-refractivity contribution < 1.29 is 4.79 Å². The van der Waals surface area contributed by atoms with Crippen molar-refractivity contribution in [2.24, 2.45) is 5.92 Å². The quantitative estimate of drug-likeness (QED) is 0.433. The lowest BCUT2D eigenvalue weighted by Crippen LogP contribution is -2.25. The summed E-state index contributed by atoms with van der Waals surface area (Å²) in [7, 11) is 0. The Balaban J connectivity index is 2.28. The first kappa shape index (κ1) is 18.2. The molecule has 0 radical (unpaired) electrons. The monoisotopic (exact) mass is 317 g/mol. The summed E-state index contributed by atoms with van der Waals surface area (Å²) in [5.41, 5.74) is 1.22. The van der Waals surface area contributed by atoms with E-state index in [-0.39, 0.29) is 11.3 Å². The Bertz CT molecular complexity index is 517. The Labute approximate surface area is 138 Å². The number of carbonyl (C=O) groups is 1. The average Bonchev–Trinajstić information content (AvgIpc) is 2.49. The number of benzene rings is 1. The van der Waals surface area contributed by atoms with Crippen LogP contribution in [0.5, 0.6) is 0 Å². The molecule has 1 rings (SSSR count). The summed E-state index contributed by atoms with van der Waals surface area (Å²) in [5, 5.41) is 2.78. The van der Waals surface area contributed by atoms with E-state index in [1.165, 1.54) is 11.6 Å². The number of nitrogens with one attached hydrogen (secondary N) is 1. The van der Waals surface area contributed by atoms with Crippen LogP contribution in [0, 0.1) is 5.92 Å². The molecule has 118 valence electrons. The van der Waals surface area contributed by atoms with E-state index in [1.54, 1.807) is 6.08 Å².